The second kappa shape index (κ2) is 9.12. The van der Waals surface area contributed by atoms with Gasteiger partial charge in [-0.25, -0.2) is 13.1 Å². The maximum atomic E-state index is 12.4. The molecule has 0 aromatic heterocycles. The van der Waals surface area contributed by atoms with Crippen molar-refractivity contribution >= 4 is 15.9 Å². The summed E-state index contributed by atoms with van der Waals surface area (Å²) in [7, 11) is -3.64. The summed E-state index contributed by atoms with van der Waals surface area (Å²) in [5.41, 5.74) is 3.24. The maximum Gasteiger partial charge on any atom is 0.240 e. The van der Waals surface area contributed by atoms with Crippen molar-refractivity contribution in [2.24, 2.45) is 0 Å². The Morgan fingerprint density at radius 1 is 1.11 bits per heavy atom. The van der Waals surface area contributed by atoms with E-state index in [1.165, 1.54) is 0 Å². The van der Waals surface area contributed by atoms with Gasteiger partial charge in [0.2, 0.25) is 15.9 Å². The molecule has 0 radical (unpaired) electrons. The van der Waals surface area contributed by atoms with Crippen molar-refractivity contribution in [1.82, 2.24) is 10.0 Å². The molecular formula is C20H26N2O4S. The van der Waals surface area contributed by atoms with Crippen LogP contribution in [0.5, 0.6) is 0 Å². The highest BCUT2D eigenvalue weighted by molar-refractivity contribution is 7.89. The first-order valence-electron chi connectivity index (χ1n) is 8.79. The van der Waals surface area contributed by atoms with Crippen molar-refractivity contribution in [2.75, 3.05) is 6.54 Å². The van der Waals surface area contributed by atoms with Gasteiger partial charge < -0.3 is 10.4 Å². The van der Waals surface area contributed by atoms with E-state index in [4.69, 9.17) is 0 Å². The highest BCUT2D eigenvalue weighted by Gasteiger charge is 2.17. The minimum atomic E-state index is -3.64. The number of sulfonamides is 1. The lowest BCUT2D eigenvalue weighted by molar-refractivity contribution is -0.121. The zero-order valence-electron chi connectivity index (χ0n) is 15.8. The number of hydrogen-bond acceptors (Lipinski definition) is 4. The van der Waals surface area contributed by atoms with E-state index in [0.717, 1.165) is 16.7 Å². The van der Waals surface area contributed by atoms with Crippen LogP contribution in [-0.4, -0.2) is 26.0 Å². The predicted octanol–water partition coefficient (Wildman–Crippen LogP) is 2.34. The third-order valence-electron chi connectivity index (χ3n) is 4.23. The summed E-state index contributed by atoms with van der Waals surface area (Å²) in [5, 5.41) is 12.2. The zero-order valence-corrected chi connectivity index (χ0v) is 16.6. The van der Waals surface area contributed by atoms with Gasteiger partial charge in [0.1, 0.15) is 0 Å². The Hall–Kier alpha value is -2.22. The van der Waals surface area contributed by atoms with Crippen LogP contribution in [0.3, 0.4) is 0 Å². The molecule has 2 aromatic rings. The number of carbonyl (C=O) groups excluding carboxylic acids is 1. The summed E-state index contributed by atoms with van der Waals surface area (Å²) in [4.78, 5) is 12.2. The van der Waals surface area contributed by atoms with Crippen molar-refractivity contribution < 1.29 is 18.3 Å². The molecule has 2 rings (SSSR count). The van der Waals surface area contributed by atoms with Gasteiger partial charge in [-0.05, 0) is 49.1 Å². The van der Waals surface area contributed by atoms with Gasteiger partial charge in [-0.15, -0.1) is 0 Å². The van der Waals surface area contributed by atoms with E-state index in [2.05, 4.69) is 10.0 Å². The smallest absolute Gasteiger partial charge is 0.240 e. The van der Waals surface area contributed by atoms with Crippen LogP contribution in [0, 0.1) is 13.8 Å². The van der Waals surface area contributed by atoms with Gasteiger partial charge in [-0.1, -0.05) is 36.4 Å². The molecule has 0 saturated carbocycles. The number of aryl methyl sites for hydroxylation is 2. The molecule has 6 nitrogen and oxygen atoms in total. The van der Waals surface area contributed by atoms with Crippen molar-refractivity contribution in [1.29, 1.82) is 0 Å². The fourth-order valence-corrected chi connectivity index (χ4v) is 3.94. The van der Waals surface area contributed by atoms with Crippen LogP contribution in [0.15, 0.2) is 47.4 Å². The normalized spacial score (nSPS) is 12.6. The molecule has 3 N–H and O–H groups in total. The molecule has 0 unspecified atom stereocenters. The lowest BCUT2D eigenvalue weighted by Crippen LogP contribution is -2.31. The van der Waals surface area contributed by atoms with E-state index in [0.29, 0.717) is 12.1 Å². The minimum absolute atomic E-state index is 0.0303. The van der Waals surface area contributed by atoms with E-state index in [1.807, 2.05) is 37.3 Å². The third kappa shape index (κ3) is 6.16. The largest absolute Gasteiger partial charge is 0.389 e. The Kier molecular flexibility index (Phi) is 7.12. The molecule has 0 saturated heterocycles. The molecule has 7 heteroatoms. The van der Waals surface area contributed by atoms with Gasteiger partial charge in [-0.3, -0.25) is 4.79 Å². The lowest BCUT2D eigenvalue weighted by atomic mass is 10.1. The van der Waals surface area contributed by atoms with Crippen LogP contribution in [0.25, 0.3) is 0 Å². The number of aliphatic hydroxyl groups is 1. The molecule has 2 aromatic carbocycles. The highest BCUT2D eigenvalue weighted by Crippen LogP contribution is 2.16. The predicted molar refractivity (Wildman–Crippen MR) is 105 cm³/mol. The molecule has 0 spiro atoms. The molecule has 0 bridgehead atoms. The molecule has 1 amide bonds. The van der Waals surface area contributed by atoms with E-state index < -0.39 is 16.1 Å². The first-order valence-corrected chi connectivity index (χ1v) is 10.3. The van der Waals surface area contributed by atoms with Gasteiger partial charge in [0, 0.05) is 19.5 Å². The Morgan fingerprint density at radius 3 is 2.41 bits per heavy atom. The number of carbonyl (C=O) groups is 1. The van der Waals surface area contributed by atoms with Crippen molar-refractivity contribution in [3.8, 4) is 0 Å². The fraction of sp³-hybridized carbons (Fsp3) is 0.350. The van der Waals surface area contributed by atoms with Gasteiger partial charge in [0.25, 0.3) is 0 Å². The van der Waals surface area contributed by atoms with Gasteiger partial charge in [-0.2, -0.15) is 0 Å². The topological polar surface area (TPSA) is 95.5 Å². The molecule has 0 aliphatic rings. The van der Waals surface area contributed by atoms with E-state index >= 15 is 0 Å². The molecule has 27 heavy (non-hydrogen) atoms. The van der Waals surface area contributed by atoms with Crippen LogP contribution >= 0.6 is 0 Å². The zero-order chi connectivity index (χ0) is 20.0. The molecule has 0 aliphatic heterocycles. The number of amides is 1. The fourth-order valence-electron chi connectivity index (χ4n) is 2.58. The SMILES string of the molecule is Cc1ccc(C)c(S(=O)(=O)NCCC(=O)NCc2ccc([C@H](C)O)cc2)c1. The van der Waals surface area contributed by atoms with E-state index in [9.17, 15) is 18.3 Å². The second-order valence-electron chi connectivity index (χ2n) is 6.61. The highest BCUT2D eigenvalue weighted by atomic mass is 32.2. The second-order valence-corrected chi connectivity index (χ2v) is 8.35. The first kappa shape index (κ1) is 21.1. The lowest BCUT2D eigenvalue weighted by Gasteiger charge is -2.11. The Balaban J connectivity index is 1.82. The molecule has 1 atom stereocenters. The van der Waals surface area contributed by atoms with E-state index in [-0.39, 0.29) is 23.8 Å². The Labute approximate surface area is 160 Å². The molecular weight excluding hydrogens is 364 g/mol. The molecule has 0 aliphatic carbocycles. The third-order valence-corrected chi connectivity index (χ3v) is 5.83. The summed E-state index contributed by atoms with van der Waals surface area (Å²) in [5.74, 6) is -0.238. The summed E-state index contributed by atoms with van der Waals surface area (Å²) in [6, 6.07) is 12.5. The number of hydrogen-bond donors (Lipinski definition) is 3. The Morgan fingerprint density at radius 2 is 1.78 bits per heavy atom. The number of aliphatic hydroxyl groups excluding tert-OH is 1. The van der Waals surface area contributed by atoms with Crippen molar-refractivity contribution in [3.63, 3.8) is 0 Å². The van der Waals surface area contributed by atoms with Crippen LogP contribution in [0.2, 0.25) is 0 Å². The first-order chi connectivity index (χ1) is 12.7. The van der Waals surface area contributed by atoms with Gasteiger partial charge >= 0.3 is 0 Å². The quantitative estimate of drug-likeness (QED) is 0.645. The molecule has 0 fully saturated rings. The number of benzene rings is 2. The number of nitrogens with one attached hydrogen (secondary N) is 2. The van der Waals surface area contributed by atoms with Crippen LogP contribution < -0.4 is 10.0 Å². The van der Waals surface area contributed by atoms with Crippen molar-refractivity contribution in [3.05, 3.63) is 64.7 Å². The standard InChI is InChI=1S/C20H26N2O4S/c1-14-4-5-15(2)19(12-14)27(25,26)22-11-10-20(24)21-13-17-6-8-18(9-7-17)16(3)23/h4-9,12,16,22-23H,10-11,13H2,1-3H3,(H,21,24)/t16-/m0/s1. The van der Waals surface area contributed by atoms with Crippen molar-refractivity contribution in [2.45, 2.75) is 44.7 Å². The maximum absolute atomic E-state index is 12.4. The summed E-state index contributed by atoms with van der Waals surface area (Å²) >= 11 is 0. The van der Waals surface area contributed by atoms with Crippen LogP contribution in [0.4, 0.5) is 0 Å². The average molecular weight is 391 g/mol. The van der Waals surface area contributed by atoms with Crippen LogP contribution in [0.1, 0.15) is 41.7 Å². The molecule has 0 heterocycles. The average Bonchev–Trinajstić information content (AvgIpc) is 2.62. The monoisotopic (exact) mass is 390 g/mol. The van der Waals surface area contributed by atoms with Crippen LogP contribution in [-0.2, 0) is 21.4 Å². The summed E-state index contributed by atoms with van der Waals surface area (Å²) in [6.45, 7) is 5.64. The molecule has 146 valence electrons. The van der Waals surface area contributed by atoms with E-state index in [1.54, 1.807) is 26.0 Å². The van der Waals surface area contributed by atoms with Gasteiger partial charge in [0.05, 0.1) is 11.0 Å². The summed E-state index contributed by atoms with van der Waals surface area (Å²) < 4.78 is 27.3. The summed E-state index contributed by atoms with van der Waals surface area (Å²) in [6.07, 6.45) is -0.478. The Bertz CT molecular complexity index is 891. The van der Waals surface area contributed by atoms with Gasteiger partial charge in [0.15, 0.2) is 0 Å². The minimum Gasteiger partial charge on any atom is -0.389 e. The number of rotatable bonds is 8.